The van der Waals surface area contributed by atoms with Gasteiger partial charge in [0.05, 0.1) is 27.8 Å². The molecule has 1 aliphatic rings. The lowest BCUT2D eigenvalue weighted by Gasteiger charge is -2.33. The van der Waals surface area contributed by atoms with Gasteiger partial charge < -0.3 is 5.32 Å². The fraction of sp³-hybridized carbons (Fsp3) is 0.733. The zero-order valence-corrected chi connectivity index (χ0v) is 14.2. The minimum atomic E-state index is -0.368. The molecule has 0 amide bonds. The third kappa shape index (κ3) is 2.98. The first-order valence-electron chi connectivity index (χ1n) is 7.54. The average Bonchev–Trinajstić information content (AvgIpc) is 2.76. The number of piperidine rings is 1. The van der Waals surface area contributed by atoms with Crippen LogP contribution in [0.15, 0.2) is 4.47 Å². The van der Waals surface area contributed by atoms with Gasteiger partial charge in [0.1, 0.15) is 0 Å². The predicted molar refractivity (Wildman–Crippen MR) is 83.9 cm³/mol. The Labute approximate surface area is 129 Å². The van der Waals surface area contributed by atoms with E-state index < -0.39 is 0 Å². The number of carbonyl (C=O) groups excluding carboxylic acids is 1. The maximum Gasteiger partial charge on any atom is 0.158 e. The molecule has 1 fully saturated rings. The number of aryl methyl sites for hydroxylation is 2. The molecule has 0 radical (unpaired) electrons. The number of carbonyl (C=O) groups is 1. The molecule has 0 aliphatic carbocycles. The summed E-state index contributed by atoms with van der Waals surface area (Å²) in [7, 11) is 0. The van der Waals surface area contributed by atoms with E-state index in [1.807, 2.05) is 11.6 Å². The Morgan fingerprint density at radius 2 is 2.20 bits per heavy atom. The number of ketones is 1. The second kappa shape index (κ2) is 6.39. The van der Waals surface area contributed by atoms with Crippen molar-refractivity contribution in [3.05, 3.63) is 15.9 Å². The number of rotatable bonds is 5. The molecule has 0 aromatic carbocycles. The van der Waals surface area contributed by atoms with Crippen molar-refractivity contribution in [2.45, 2.75) is 65.0 Å². The van der Waals surface area contributed by atoms with Crippen LogP contribution in [-0.2, 0) is 24.2 Å². The predicted octanol–water partition coefficient (Wildman–Crippen LogP) is 2.87. The van der Waals surface area contributed by atoms with E-state index >= 15 is 0 Å². The van der Waals surface area contributed by atoms with Crippen molar-refractivity contribution in [3.63, 3.8) is 0 Å². The summed E-state index contributed by atoms with van der Waals surface area (Å²) < 4.78 is 2.96. The molecule has 2 rings (SSSR count). The summed E-state index contributed by atoms with van der Waals surface area (Å²) in [5.74, 6) is 0.273. The van der Waals surface area contributed by atoms with Gasteiger partial charge in [-0.25, -0.2) is 0 Å². The maximum absolute atomic E-state index is 12.7. The second-order valence-electron chi connectivity index (χ2n) is 5.69. The highest BCUT2D eigenvalue weighted by molar-refractivity contribution is 9.10. The molecule has 1 saturated heterocycles. The zero-order chi connectivity index (χ0) is 14.8. The highest BCUT2D eigenvalue weighted by atomic mass is 79.9. The quantitative estimate of drug-likeness (QED) is 0.895. The van der Waals surface area contributed by atoms with Crippen LogP contribution in [0.3, 0.4) is 0 Å². The van der Waals surface area contributed by atoms with Crippen molar-refractivity contribution in [1.82, 2.24) is 15.1 Å². The molecule has 1 aromatic rings. The minimum absolute atomic E-state index is 0.273. The monoisotopic (exact) mass is 341 g/mol. The third-order valence-electron chi connectivity index (χ3n) is 4.26. The highest BCUT2D eigenvalue weighted by Crippen LogP contribution is 2.26. The van der Waals surface area contributed by atoms with Gasteiger partial charge in [-0.2, -0.15) is 5.10 Å². The maximum atomic E-state index is 12.7. The molecule has 112 valence electrons. The SMILES string of the molecule is CCc1nn(CC)c(CC(=O)C2(C)CCCCN2)c1Br. The molecule has 2 heterocycles. The fourth-order valence-electron chi connectivity index (χ4n) is 2.83. The van der Waals surface area contributed by atoms with Gasteiger partial charge in [0.25, 0.3) is 0 Å². The fourth-order valence-corrected chi connectivity index (χ4v) is 3.53. The number of hydrogen-bond donors (Lipinski definition) is 1. The van der Waals surface area contributed by atoms with Crippen molar-refractivity contribution >= 4 is 21.7 Å². The molecule has 1 aromatic heterocycles. The minimum Gasteiger partial charge on any atom is -0.305 e. The van der Waals surface area contributed by atoms with Gasteiger partial charge in [-0.1, -0.05) is 6.92 Å². The molecular formula is C15H24BrN3O. The van der Waals surface area contributed by atoms with Crippen molar-refractivity contribution in [1.29, 1.82) is 0 Å². The second-order valence-corrected chi connectivity index (χ2v) is 6.49. The largest absolute Gasteiger partial charge is 0.305 e. The van der Waals surface area contributed by atoms with Gasteiger partial charge in [-0.05, 0) is 62.0 Å². The molecule has 0 spiro atoms. The van der Waals surface area contributed by atoms with Gasteiger partial charge in [-0.3, -0.25) is 9.48 Å². The molecule has 1 unspecified atom stereocenters. The van der Waals surface area contributed by atoms with Crippen LogP contribution in [0.4, 0.5) is 0 Å². The van der Waals surface area contributed by atoms with Crippen molar-refractivity contribution in [2.24, 2.45) is 0 Å². The number of aromatic nitrogens is 2. The first-order valence-corrected chi connectivity index (χ1v) is 8.33. The summed E-state index contributed by atoms with van der Waals surface area (Å²) >= 11 is 3.62. The standard InChI is InChI=1S/C15H24BrN3O/c1-4-11-14(16)12(19(5-2)18-11)10-13(20)15(3)8-6-7-9-17-15/h17H,4-10H2,1-3H3. The van der Waals surface area contributed by atoms with Crippen LogP contribution in [0.2, 0.25) is 0 Å². The van der Waals surface area contributed by atoms with Crippen LogP contribution in [0.1, 0.15) is 51.4 Å². The van der Waals surface area contributed by atoms with Gasteiger partial charge in [-0.15, -0.1) is 0 Å². The Morgan fingerprint density at radius 1 is 1.45 bits per heavy atom. The zero-order valence-electron chi connectivity index (χ0n) is 12.6. The molecule has 20 heavy (non-hydrogen) atoms. The summed E-state index contributed by atoms with van der Waals surface area (Å²) in [5, 5.41) is 7.96. The number of halogens is 1. The molecule has 0 bridgehead atoms. The smallest absolute Gasteiger partial charge is 0.158 e. The van der Waals surface area contributed by atoms with Crippen LogP contribution in [0.25, 0.3) is 0 Å². The van der Waals surface area contributed by atoms with Gasteiger partial charge in [0.2, 0.25) is 0 Å². The van der Waals surface area contributed by atoms with Crippen LogP contribution < -0.4 is 5.32 Å². The molecule has 0 saturated carbocycles. The summed E-state index contributed by atoms with van der Waals surface area (Å²) in [6.07, 6.45) is 4.56. The van der Waals surface area contributed by atoms with E-state index in [-0.39, 0.29) is 11.3 Å². The Bertz CT molecular complexity index is 490. The van der Waals surface area contributed by atoms with E-state index in [1.54, 1.807) is 0 Å². The third-order valence-corrected chi connectivity index (χ3v) is 5.17. The lowest BCUT2D eigenvalue weighted by atomic mass is 9.85. The molecule has 5 heteroatoms. The van der Waals surface area contributed by atoms with Crippen LogP contribution in [0, 0.1) is 0 Å². The molecule has 4 nitrogen and oxygen atoms in total. The van der Waals surface area contributed by atoms with Crippen molar-refractivity contribution in [2.75, 3.05) is 6.54 Å². The van der Waals surface area contributed by atoms with Gasteiger partial charge in [0.15, 0.2) is 5.78 Å². The van der Waals surface area contributed by atoms with Gasteiger partial charge in [0, 0.05) is 6.54 Å². The Kier molecular flexibility index (Phi) is 5.02. The van der Waals surface area contributed by atoms with E-state index in [0.29, 0.717) is 6.42 Å². The topological polar surface area (TPSA) is 46.9 Å². The molecule has 1 atom stereocenters. The molecular weight excluding hydrogens is 318 g/mol. The van der Waals surface area contributed by atoms with Crippen molar-refractivity contribution in [3.8, 4) is 0 Å². The first kappa shape index (κ1) is 15.7. The Hall–Kier alpha value is -0.680. The van der Waals surface area contributed by atoms with Crippen LogP contribution >= 0.6 is 15.9 Å². The van der Waals surface area contributed by atoms with Crippen LogP contribution in [0.5, 0.6) is 0 Å². The van der Waals surface area contributed by atoms with E-state index in [9.17, 15) is 4.79 Å². The van der Waals surface area contributed by atoms with E-state index in [1.165, 1.54) is 6.42 Å². The molecule has 1 aliphatic heterocycles. The number of Topliss-reactive ketones (excluding diaryl/α,β-unsaturated/α-hetero) is 1. The number of nitrogens with one attached hydrogen (secondary N) is 1. The molecule has 1 N–H and O–H groups in total. The first-order chi connectivity index (χ1) is 9.51. The summed E-state index contributed by atoms with van der Waals surface area (Å²) in [4.78, 5) is 12.7. The summed E-state index contributed by atoms with van der Waals surface area (Å²) in [5.41, 5.74) is 1.69. The summed E-state index contributed by atoms with van der Waals surface area (Å²) in [6, 6.07) is 0. The normalized spacial score (nSPS) is 23.0. The Morgan fingerprint density at radius 3 is 2.75 bits per heavy atom. The van der Waals surface area contributed by atoms with Gasteiger partial charge >= 0.3 is 0 Å². The Balaban J connectivity index is 2.20. The number of hydrogen-bond acceptors (Lipinski definition) is 3. The van der Waals surface area contributed by atoms with E-state index in [2.05, 4.69) is 40.2 Å². The van der Waals surface area contributed by atoms with Crippen LogP contribution in [-0.4, -0.2) is 27.6 Å². The number of nitrogens with zero attached hydrogens (tertiary/aromatic N) is 2. The van der Waals surface area contributed by atoms with E-state index in [0.717, 1.165) is 48.2 Å². The van der Waals surface area contributed by atoms with E-state index in [4.69, 9.17) is 0 Å². The summed E-state index contributed by atoms with van der Waals surface area (Å²) in [6.45, 7) is 7.92. The lowest BCUT2D eigenvalue weighted by Crippen LogP contribution is -2.53. The average molecular weight is 342 g/mol. The highest BCUT2D eigenvalue weighted by Gasteiger charge is 2.34. The van der Waals surface area contributed by atoms with Crippen molar-refractivity contribution < 1.29 is 4.79 Å². The lowest BCUT2D eigenvalue weighted by molar-refractivity contribution is -0.125.